The summed E-state index contributed by atoms with van der Waals surface area (Å²) in [5, 5.41) is 0.835. The molecule has 1 fully saturated rings. The van der Waals surface area contributed by atoms with E-state index < -0.39 is 0 Å². The molecular weight excluding hydrogens is 348 g/mol. The van der Waals surface area contributed by atoms with Crippen LogP contribution < -0.4 is 14.4 Å². The van der Waals surface area contributed by atoms with Gasteiger partial charge in [-0.05, 0) is 54.8 Å². The number of benzene rings is 2. The number of piperazine rings is 1. The first-order chi connectivity index (χ1) is 12.6. The summed E-state index contributed by atoms with van der Waals surface area (Å²) in [5.41, 5.74) is 3.69. The van der Waals surface area contributed by atoms with Gasteiger partial charge in [0.25, 0.3) is 0 Å². The highest BCUT2D eigenvalue weighted by Crippen LogP contribution is 2.28. The van der Waals surface area contributed by atoms with E-state index in [1.54, 1.807) is 14.2 Å². The zero-order valence-corrected chi connectivity index (χ0v) is 16.6. The molecule has 0 bridgehead atoms. The average molecular weight is 375 g/mol. The van der Waals surface area contributed by atoms with Gasteiger partial charge in [0.15, 0.2) is 11.5 Å². The molecule has 0 atom stereocenters. The number of anilines is 1. The van der Waals surface area contributed by atoms with E-state index in [-0.39, 0.29) is 0 Å². The molecule has 4 nitrogen and oxygen atoms in total. The van der Waals surface area contributed by atoms with Crippen LogP contribution in [0.3, 0.4) is 0 Å². The van der Waals surface area contributed by atoms with Crippen LogP contribution in [0, 0.1) is 6.92 Å². The number of hydrogen-bond acceptors (Lipinski definition) is 4. The molecule has 1 aliphatic rings. The first kappa shape index (κ1) is 18.9. The van der Waals surface area contributed by atoms with Gasteiger partial charge in [-0.25, -0.2) is 0 Å². The van der Waals surface area contributed by atoms with Crippen molar-refractivity contribution in [3.05, 3.63) is 52.5 Å². The van der Waals surface area contributed by atoms with E-state index in [1.807, 2.05) is 12.1 Å². The quantitative estimate of drug-likeness (QED) is 0.762. The highest BCUT2D eigenvalue weighted by atomic mass is 35.5. The lowest BCUT2D eigenvalue weighted by atomic mass is 10.1. The van der Waals surface area contributed by atoms with Crippen molar-refractivity contribution in [1.29, 1.82) is 0 Å². The van der Waals surface area contributed by atoms with Crippen LogP contribution in [0.15, 0.2) is 36.4 Å². The molecule has 140 valence electrons. The lowest BCUT2D eigenvalue weighted by molar-refractivity contribution is 0.261. The predicted molar refractivity (Wildman–Crippen MR) is 108 cm³/mol. The van der Waals surface area contributed by atoms with E-state index in [1.165, 1.54) is 11.3 Å². The molecule has 26 heavy (non-hydrogen) atoms. The maximum Gasteiger partial charge on any atom is 0.160 e. The molecule has 0 saturated carbocycles. The van der Waals surface area contributed by atoms with Gasteiger partial charge in [0.05, 0.1) is 14.2 Å². The van der Waals surface area contributed by atoms with Gasteiger partial charge < -0.3 is 14.4 Å². The van der Waals surface area contributed by atoms with Gasteiger partial charge in [0, 0.05) is 43.4 Å². The van der Waals surface area contributed by atoms with E-state index in [0.29, 0.717) is 0 Å². The monoisotopic (exact) mass is 374 g/mol. The van der Waals surface area contributed by atoms with Gasteiger partial charge in [-0.3, -0.25) is 4.90 Å². The predicted octanol–water partition coefficient (Wildman–Crippen LogP) is 4.03. The SMILES string of the molecule is COc1ccc(CCN2CCN(c3ccc(Cl)c(C)c3)CC2)cc1OC. The van der Waals surface area contributed by atoms with Crippen molar-refractivity contribution in [1.82, 2.24) is 4.90 Å². The van der Waals surface area contributed by atoms with Crippen LogP contribution in [0.25, 0.3) is 0 Å². The molecule has 0 spiro atoms. The van der Waals surface area contributed by atoms with Crippen molar-refractivity contribution in [2.24, 2.45) is 0 Å². The molecule has 0 unspecified atom stereocenters. The molecule has 1 saturated heterocycles. The fraction of sp³-hybridized carbons (Fsp3) is 0.429. The standard InChI is InChI=1S/C21H27ClN2O2/c1-16-14-18(5-6-19(16)22)24-12-10-23(11-13-24)9-8-17-4-7-20(25-2)21(15-17)26-3/h4-7,14-15H,8-13H2,1-3H3. The number of aryl methyl sites for hydroxylation is 1. The summed E-state index contributed by atoms with van der Waals surface area (Å²) >= 11 is 6.14. The van der Waals surface area contributed by atoms with Crippen LogP contribution in [0.1, 0.15) is 11.1 Å². The minimum atomic E-state index is 0.781. The second-order valence-electron chi connectivity index (χ2n) is 6.70. The third-order valence-electron chi connectivity index (χ3n) is 5.04. The second kappa shape index (κ2) is 8.65. The topological polar surface area (TPSA) is 24.9 Å². The van der Waals surface area contributed by atoms with Crippen molar-refractivity contribution in [2.75, 3.05) is 51.8 Å². The minimum absolute atomic E-state index is 0.781. The van der Waals surface area contributed by atoms with Gasteiger partial charge in [0.1, 0.15) is 0 Å². The lowest BCUT2D eigenvalue weighted by Crippen LogP contribution is -2.47. The summed E-state index contributed by atoms with van der Waals surface area (Å²) in [7, 11) is 3.35. The number of ether oxygens (including phenoxy) is 2. The number of nitrogens with zero attached hydrogens (tertiary/aromatic N) is 2. The Hall–Kier alpha value is -1.91. The Labute approximate surface area is 161 Å². The Balaban J connectivity index is 1.52. The molecule has 3 rings (SSSR count). The van der Waals surface area contributed by atoms with Gasteiger partial charge in [-0.2, -0.15) is 0 Å². The third kappa shape index (κ3) is 4.43. The van der Waals surface area contributed by atoms with Gasteiger partial charge >= 0.3 is 0 Å². The fourth-order valence-electron chi connectivity index (χ4n) is 3.38. The molecule has 5 heteroatoms. The van der Waals surface area contributed by atoms with E-state index in [4.69, 9.17) is 21.1 Å². The molecular formula is C21H27ClN2O2. The van der Waals surface area contributed by atoms with Gasteiger partial charge in [-0.1, -0.05) is 17.7 Å². The molecule has 1 heterocycles. The number of methoxy groups -OCH3 is 2. The third-order valence-corrected chi connectivity index (χ3v) is 5.47. The van der Waals surface area contributed by atoms with Gasteiger partial charge in [-0.15, -0.1) is 0 Å². The summed E-state index contributed by atoms with van der Waals surface area (Å²) in [6.07, 6.45) is 1.01. The van der Waals surface area contributed by atoms with Crippen molar-refractivity contribution in [3.63, 3.8) is 0 Å². The first-order valence-corrected chi connectivity index (χ1v) is 9.43. The van der Waals surface area contributed by atoms with Crippen LogP contribution in [0.5, 0.6) is 11.5 Å². The molecule has 0 aromatic heterocycles. The Morgan fingerprint density at radius 3 is 2.31 bits per heavy atom. The summed E-state index contributed by atoms with van der Waals surface area (Å²) in [5.74, 6) is 1.58. The maximum absolute atomic E-state index is 6.14. The number of hydrogen-bond donors (Lipinski definition) is 0. The minimum Gasteiger partial charge on any atom is -0.493 e. The largest absolute Gasteiger partial charge is 0.493 e. The maximum atomic E-state index is 6.14. The van der Waals surface area contributed by atoms with Crippen molar-refractivity contribution >= 4 is 17.3 Å². The van der Waals surface area contributed by atoms with Crippen molar-refractivity contribution in [2.45, 2.75) is 13.3 Å². The Bertz CT molecular complexity index is 743. The van der Waals surface area contributed by atoms with Gasteiger partial charge in [0.2, 0.25) is 0 Å². The Morgan fingerprint density at radius 2 is 1.65 bits per heavy atom. The van der Waals surface area contributed by atoms with E-state index >= 15 is 0 Å². The highest BCUT2D eigenvalue weighted by molar-refractivity contribution is 6.31. The van der Waals surface area contributed by atoms with E-state index in [0.717, 1.165) is 61.2 Å². The Kier molecular flexibility index (Phi) is 6.28. The molecule has 2 aromatic rings. The first-order valence-electron chi connectivity index (χ1n) is 9.05. The van der Waals surface area contributed by atoms with Crippen LogP contribution >= 0.6 is 11.6 Å². The van der Waals surface area contributed by atoms with E-state index in [9.17, 15) is 0 Å². The molecule has 2 aromatic carbocycles. The van der Waals surface area contributed by atoms with Crippen LogP contribution in [0.2, 0.25) is 5.02 Å². The highest BCUT2D eigenvalue weighted by Gasteiger charge is 2.17. The lowest BCUT2D eigenvalue weighted by Gasteiger charge is -2.36. The summed E-state index contributed by atoms with van der Waals surface area (Å²) in [6, 6.07) is 12.5. The summed E-state index contributed by atoms with van der Waals surface area (Å²) < 4.78 is 10.7. The molecule has 1 aliphatic heterocycles. The van der Waals surface area contributed by atoms with Crippen LogP contribution in [0.4, 0.5) is 5.69 Å². The zero-order chi connectivity index (χ0) is 18.5. The van der Waals surface area contributed by atoms with Crippen molar-refractivity contribution < 1.29 is 9.47 Å². The number of halogens is 1. The zero-order valence-electron chi connectivity index (χ0n) is 15.8. The average Bonchev–Trinajstić information content (AvgIpc) is 2.68. The number of rotatable bonds is 6. The fourth-order valence-corrected chi connectivity index (χ4v) is 3.50. The smallest absolute Gasteiger partial charge is 0.160 e. The van der Waals surface area contributed by atoms with Crippen molar-refractivity contribution in [3.8, 4) is 11.5 Å². The van der Waals surface area contributed by atoms with Crippen LogP contribution in [-0.2, 0) is 6.42 Å². The summed E-state index contributed by atoms with van der Waals surface area (Å²) in [4.78, 5) is 4.96. The van der Waals surface area contributed by atoms with E-state index in [2.05, 4.69) is 41.0 Å². The van der Waals surface area contributed by atoms with Crippen LogP contribution in [-0.4, -0.2) is 51.8 Å². The molecule has 0 aliphatic carbocycles. The Morgan fingerprint density at radius 1 is 0.923 bits per heavy atom. The molecule has 0 N–H and O–H groups in total. The molecule has 0 amide bonds. The normalized spacial score (nSPS) is 15.2. The molecule has 0 radical (unpaired) electrons. The second-order valence-corrected chi connectivity index (χ2v) is 7.11. The summed E-state index contributed by atoms with van der Waals surface area (Å²) in [6.45, 7) is 7.37.